The standard InChI is InChI=1S/C39H50O19/c1-15(2)5-10-19-21(53-38-32(50)29(47)26(44)22(13-40)54-38)12-11-20-25(43)35(33(56-34(19)20)17-6-8-18(51-4)9-7-17)57-39-36(30(48)27(45)23(14-41)55-39)58-37-31(49)28(46)24(42)16(3)52-37/h5-9,11-12,16,22-24,26-32,36-42,44-50H,10,13-14H2,1-4H3/t16-,22-,23-,24+,26-,27-,28-,29-,30-,31-,32-,36-,37+,38-,39+/m1/s1. The van der Waals surface area contributed by atoms with Crippen molar-refractivity contribution in [2.75, 3.05) is 20.3 Å². The van der Waals surface area contributed by atoms with Crippen LogP contribution in [0.5, 0.6) is 17.2 Å². The monoisotopic (exact) mass is 822 g/mol. The first-order valence-corrected chi connectivity index (χ1v) is 18.6. The largest absolute Gasteiger partial charge is 0.497 e. The Hall–Kier alpha value is -3.77. The molecule has 10 N–H and O–H groups in total. The number of hydrogen-bond acceptors (Lipinski definition) is 19. The van der Waals surface area contributed by atoms with Crippen LogP contribution in [0.1, 0.15) is 26.3 Å². The smallest absolute Gasteiger partial charge is 0.235 e. The zero-order chi connectivity index (χ0) is 42.2. The fraction of sp³-hybridized carbons (Fsp3) is 0.564. The predicted molar refractivity (Wildman–Crippen MR) is 198 cm³/mol. The van der Waals surface area contributed by atoms with Gasteiger partial charge in [-0.05, 0) is 63.6 Å². The molecule has 6 rings (SSSR count). The van der Waals surface area contributed by atoms with Crippen LogP contribution in [0.2, 0.25) is 0 Å². The summed E-state index contributed by atoms with van der Waals surface area (Å²) in [6.07, 6.45) is -22.5. The van der Waals surface area contributed by atoms with E-state index in [1.165, 1.54) is 26.2 Å². The molecule has 1 aromatic heterocycles. The normalized spacial score (nSPS) is 35.4. The van der Waals surface area contributed by atoms with E-state index in [1.54, 1.807) is 24.3 Å². The minimum Gasteiger partial charge on any atom is -0.497 e. The first-order chi connectivity index (χ1) is 27.6. The van der Waals surface area contributed by atoms with Crippen molar-refractivity contribution in [3.05, 3.63) is 63.8 Å². The van der Waals surface area contributed by atoms with Gasteiger partial charge in [-0.2, -0.15) is 0 Å². The summed E-state index contributed by atoms with van der Waals surface area (Å²) in [7, 11) is 1.46. The zero-order valence-electron chi connectivity index (χ0n) is 32.0. The van der Waals surface area contributed by atoms with E-state index < -0.39 is 117 Å². The summed E-state index contributed by atoms with van der Waals surface area (Å²) in [5, 5.41) is 105. The lowest BCUT2D eigenvalue weighted by molar-refractivity contribution is -0.354. The predicted octanol–water partition coefficient (Wildman–Crippen LogP) is -1.81. The molecular weight excluding hydrogens is 772 g/mol. The summed E-state index contributed by atoms with van der Waals surface area (Å²) >= 11 is 0. The maximum absolute atomic E-state index is 14.7. The van der Waals surface area contributed by atoms with Crippen molar-refractivity contribution in [2.24, 2.45) is 0 Å². The Morgan fingerprint density at radius 2 is 1.31 bits per heavy atom. The first-order valence-electron chi connectivity index (χ1n) is 18.6. The second-order valence-corrected chi connectivity index (χ2v) is 14.6. The lowest BCUT2D eigenvalue weighted by Gasteiger charge is -2.45. The van der Waals surface area contributed by atoms with Gasteiger partial charge in [0.05, 0.1) is 31.8 Å². The number of aliphatic hydroxyl groups is 10. The Labute approximate surface area is 331 Å². The molecule has 0 unspecified atom stereocenters. The van der Waals surface area contributed by atoms with E-state index in [0.29, 0.717) is 5.75 Å². The van der Waals surface area contributed by atoms with E-state index in [1.807, 2.05) is 19.9 Å². The van der Waals surface area contributed by atoms with Crippen molar-refractivity contribution in [2.45, 2.75) is 119 Å². The Bertz CT molecular complexity index is 1950. The summed E-state index contributed by atoms with van der Waals surface area (Å²) in [5.41, 5.74) is 0.629. The average Bonchev–Trinajstić information content (AvgIpc) is 3.21. The summed E-state index contributed by atoms with van der Waals surface area (Å²) in [5.74, 6) is -0.172. The SMILES string of the molecule is COc1ccc(-c2oc3c(CC=C(C)C)c(O[C@@H]4O[C@H](CO)[C@@H](O)[C@@H](O)[C@H]4O)ccc3c(=O)c2O[C@@H]2O[C@H](CO)[C@@H](O)[C@@H](O)[C@H]2O[C@@H]2O[C@H](C)[C@H](O)[C@@H](O)[C@H]2O)cc1. The van der Waals surface area contributed by atoms with Crippen molar-refractivity contribution in [3.63, 3.8) is 0 Å². The van der Waals surface area contributed by atoms with Crippen LogP contribution in [-0.4, -0.2) is 164 Å². The molecule has 2 aromatic carbocycles. The highest BCUT2D eigenvalue weighted by Crippen LogP contribution is 2.39. The summed E-state index contributed by atoms with van der Waals surface area (Å²) in [4.78, 5) is 14.7. The molecule has 3 aliphatic rings. The van der Waals surface area contributed by atoms with Gasteiger partial charge in [-0.25, -0.2) is 0 Å². The molecule has 0 bridgehead atoms. The van der Waals surface area contributed by atoms with Gasteiger partial charge in [0.15, 0.2) is 18.2 Å². The summed E-state index contributed by atoms with van der Waals surface area (Å²) < 4.78 is 46.9. The molecule has 19 heteroatoms. The fourth-order valence-electron chi connectivity index (χ4n) is 6.91. The third-order valence-corrected chi connectivity index (χ3v) is 10.4. The number of benzene rings is 2. The van der Waals surface area contributed by atoms with Crippen molar-refractivity contribution in [1.29, 1.82) is 0 Å². The maximum atomic E-state index is 14.7. The molecule has 0 aliphatic carbocycles. The highest BCUT2D eigenvalue weighted by molar-refractivity contribution is 5.86. The molecule has 4 heterocycles. The van der Waals surface area contributed by atoms with Crippen LogP contribution in [0, 0.1) is 0 Å². The molecule has 0 saturated carbocycles. The highest BCUT2D eigenvalue weighted by Gasteiger charge is 2.51. The molecule has 3 aliphatic heterocycles. The lowest BCUT2D eigenvalue weighted by Crippen LogP contribution is -2.64. The molecule has 3 fully saturated rings. The Morgan fingerprint density at radius 1 is 0.707 bits per heavy atom. The number of methoxy groups -OCH3 is 1. The van der Waals surface area contributed by atoms with Crippen LogP contribution in [0.3, 0.4) is 0 Å². The third-order valence-electron chi connectivity index (χ3n) is 10.4. The van der Waals surface area contributed by atoms with Gasteiger partial charge in [-0.1, -0.05) is 11.6 Å². The van der Waals surface area contributed by atoms with Crippen LogP contribution < -0.4 is 19.6 Å². The van der Waals surface area contributed by atoms with Crippen molar-refractivity contribution < 1.29 is 88.6 Å². The van der Waals surface area contributed by atoms with E-state index in [9.17, 15) is 55.9 Å². The fourth-order valence-corrected chi connectivity index (χ4v) is 6.91. The van der Waals surface area contributed by atoms with Crippen LogP contribution in [-0.2, 0) is 25.4 Å². The van der Waals surface area contributed by atoms with Gasteiger partial charge >= 0.3 is 0 Å². The minimum absolute atomic E-state index is 0.0101. The van der Waals surface area contributed by atoms with Crippen LogP contribution in [0.4, 0.5) is 0 Å². The number of allylic oxidation sites excluding steroid dienone is 2. The van der Waals surface area contributed by atoms with Gasteiger partial charge in [0.2, 0.25) is 23.8 Å². The quantitative estimate of drug-likeness (QED) is 0.0901. The third kappa shape index (κ3) is 8.60. The van der Waals surface area contributed by atoms with Crippen molar-refractivity contribution in [3.8, 4) is 28.6 Å². The number of hydrogen-bond donors (Lipinski definition) is 10. The molecule has 15 atom stereocenters. The Morgan fingerprint density at radius 3 is 1.93 bits per heavy atom. The van der Waals surface area contributed by atoms with Gasteiger partial charge in [-0.3, -0.25) is 4.79 Å². The van der Waals surface area contributed by atoms with Crippen LogP contribution >= 0.6 is 0 Å². The minimum atomic E-state index is -1.89. The molecule has 58 heavy (non-hydrogen) atoms. The number of ether oxygens (including phenoxy) is 7. The average molecular weight is 823 g/mol. The van der Waals surface area contributed by atoms with Crippen molar-refractivity contribution in [1.82, 2.24) is 0 Å². The molecular formula is C39H50O19. The molecule has 3 aromatic rings. The molecule has 0 amide bonds. The van der Waals surface area contributed by atoms with E-state index in [0.717, 1.165) is 5.57 Å². The Balaban J connectivity index is 1.48. The number of aliphatic hydroxyl groups excluding tert-OH is 10. The van der Waals surface area contributed by atoms with Gasteiger partial charge in [0, 0.05) is 11.1 Å². The molecule has 19 nitrogen and oxygen atoms in total. The number of rotatable bonds is 12. The lowest BCUT2D eigenvalue weighted by atomic mass is 9.97. The molecule has 0 radical (unpaired) electrons. The van der Waals surface area contributed by atoms with E-state index in [2.05, 4.69) is 0 Å². The topological polar surface area (TPSA) is 297 Å². The Kier molecular flexibility index (Phi) is 13.8. The van der Waals surface area contributed by atoms with Crippen molar-refractivity contribution >= 4 is 11.0 Å². The van der Waals surface area contributed by atoms with E-state index in [-0.39, 0.29) is 40.0 Å². The summed E-state index contributed by atoms with van der Waals surface area (Å²) in [6, 6.07) is 9.01. The van der Waals surface area contributed by atoms with Gasteiger partial charge in [0.1, 0.15) is 78.1 Å². The second kappa shape index (κ2) is 18.2. The van der Waals surface area contributed by atoms with Gasteiger partial charge < -0.3 is 88.6 Å². The molecule has 0 spiro atoms. The van der Waals surface area contributed by atoms with Gasteiger partial charge in [-0.15, -0.1) is 0 Å². The molecule has 320 valence electrons. The molecule has 3 saturated heterocycles. The van der Waals surface area contributed by atoms with Gasteiger partial charge in [0.25, 0.3) is 0 Å². The highest BCUT2D eigenvalue weighted by atomic mass is 16.8. The maximum Gasteiger partial charge on any atom is 0.235 e. The van der Waals surface area contributed by atoms with E-state index in [4.69, 9.17) is 37.6 Å². The second-order valence-electron chi connectivity index (χ2n) is 14.6. The summed E-state index contributed by atoms with van der Waals surface area (Å²) in [6.45, 7) is 3.57. The first kappa shape index (κ1) is 43.8. The zero-order valence-corrected chi connectivity index (χ0v) is 32.0. The van der Waals surface area contributed by atoms with Crippen LogP contribution in [0.25, 0.3) is 22.3 Å². The van der Waals surface area contributed by atoms with Crippen LogP contribution in [0.15, 0.2) is 57.3 Å². The number of fused-ring (bicyclic) bond motifs is 1. The van der Waals surface area contributed by atoms with E-state index >= 15 is 0 Å².